The third kappa shape index (κ3) is 3.99. The van der Waals surface area contributed by atoms with Gasteiger partial charge in [0.15, 0.2) is 9.84 Å². The molecule has 0 saturated heterocycles. The van der Waals surface area contributed by atoms with Gasteiger partial charge in [0.1, 0.15) is 0 Å². The molecule has 1 N–H and O–H groups in total. The van der Waals surface area contributed by atoms with Gasteiger partial charge in [-0.05, 0) is 49.2 Å². The minimum atomic E-state index is -3.15. The van der Waals surface area contributed by atoms with Crippen molar-refractivity contribution in [2.24, 2.45) is 0 Å². The number of anilines is 1. The Morgan fingerprint density at radius 2 is 1.71 bits per heavy atom. The van der Waals surface area contributed by atoms with Crippen molar-refractivity contribution in [2.75, 3.05) is 11.6 Å². The second-order valence-corrected chi connectivity index (χ2v) is 7.62. The van der Waals surface area contributed by atoms with Crippen molar-refractivity contribution >= 4 is 27.1 Å². The van der Waals surface area contributed by atoms with Crippen LogP contribution in [-0.4, -0.2) is 14.7 Å². The standard InChI is InChI=1S/C16H18ClNO2S/c1-11-4-7-14(17)10-16(11)18-12(2)13-5-8-15(9-6-13)21(3,19)20/h4-10,12,18H,1-3H3. The van der Waals surface area contributed by atoms with Gasteiger partial charge in [-0.2, -0.15) is 0 Å². The van der Waals surface area contributed by atoms with Crippen LogP contribution in [0.15, 0.2) is 47.4 Å². The summed E-state index contributed by atoms with van der Waals surface area (Å²) in [5, 5.41) is 4.07. The predicted molar refractivity (Wildman–Crippen MR) is 87.8 cm³/mol. The fourth-order valence-electron chi connectivity index (χ4n) is 2.07. The fourth-order valence-corrected chi connectivity index (χ4v) is 2.87. The Morgan fingerprint density at radius 1 is 1.10 bits per heavy atom. The van der Waals surface area contributed by atoms with Crippen LogP contribution in [0.5, 0.6) is 0 Å². The molecule has 0 spiro atoms. The van der Waals surface area contributed by atoms with Crippen LogP contribution in [0.3, 0.4) is 0 Å². The molecule has 1 atom stereocenters. The van der Waals surface area contributed by atoms with Gasteiger partial charge in [-0.1, -0.05) is 29.8 Å². The van der Waals surface area contributed by atoms with E-state index in [9.17, 15) is 8.42 Å². The summed E-state index contributed by atoms with van der Waals surface area (Å²) in [6, 6.07) is 12.7. The smallest absolute Gasteiger partial charge is 0.175 e. The van der Waals surface area contributed by atoms with Crippen LogP contribution in [0.2, 0.25) is 5.02 Å². The van der Waals surface area contributed by atoms with Crippen molar-refractivity contribution in [2.45, 2.75) is 24.8 Å². The molecule has 0 amide bonds. The third-order valence-electron chi connectivity index (χ3n) is 3.38. The summed E-state index contributed by atoms with van der Waals surface area (Å²) < 4.78 is 22.9. The summed E-state index contributed by atoms with van der Waals surface area (Å²) in [7, 11) is -3.15. The van der Waals surface area contributed by atoms with Crippen LogP contribution in [0, 0.1) is 6.92 Å². The molecule has 2 aromatic carbocycles. The highest BCUT2D eigenvalue weighted by Gasteiger charge is 2.10. The Morgan fingerprint density at radius 3 is 2.29 bits per heavy atom. The lowest BCUT2D eigenvalue weighted by Gasteiger charge is -2.18. The molecular formula is C16H18ClNO2S. The number of hydrogen-bond acceptors (Lipinski definition) is 3. The van der Waals surface area contributed by atoms with Crippen molar-refractivity contribution in [3.05, 3.63) is 58.6 Å². The molecule has 1 unspecified atom stereocenters. The van der Waals surface area contributed by atoms with Crippen molar-refractivity contribution < 1.29 is 8.42 Å². The summed E-state index contributed by atoms with van der Waals surface area (Å²) in [6.45, 7) is 4.04. The molecule has 0 saturated carbocycles. The largest absolute Gasteiger partial charge is 0.378 e. The van der Waals surface area contributed by atoms with Crippen LogP contribution < -0.4 is 5.32 Å². The highest BCUT2D eigenvalue weighted by atomic mass is 35.5. The molecule has 0 aromatic heterocycles. The van der Waals surface area contributed by atoms with Gasteiger partial charge >= 0.3 is 0 Å². The number of aryl methyl sites for hydroxylation is 1. The van der Waals surface area contributed by atoms with Gasteiger partial charge in [-0.25, -0.2) is 8.42 Å². The molecule has 0 fully saturated rings. The van der Waals surface area contributed by atoms with Crippen LogP contribution in [0.25, 0.3) is 0 Å². The zero-order valence-electron chi connectivity index (χ0n) is 12.2. The van der Waals surface area contributed by atoms with E-state index in [1.165, 1.54) is 6.26 Å². The lowest BCUT2D eigenvalue weighted by Crippen LogP contribution is -2.08. The van der Waals surface area contributed by atoms with Gasteiger partial charge in [0.2, 0.25) is 0 Å². The molecule has 0 aliphatic carbocycles. The molecule has 112 valence electrons. The van der Waals surface area contributed by atoms with Gasteiger partial charge < -0.3 is 5.32 Å². The van der Waals surface area contributed by atoms with Gasteiger partial charge in [0.25, 0.3) is 0 Å². The number of rotatable bonds is 4. The predicted octanol–water partition coefficient (Wildman–Crippen LogP) is 4.23. The zero-order valence-corrected chi connectivity index (χ0v) is 13.8. The lowest BCUT2D eigenvalue weighted by molar-refractivity contribution is 0.602. The van der Waals surface area contributed by atoms with E-state index in [0.717, 1.165) is 16.8 Å². The first-order valence-corrected chi connectivity index (χ1v) is 8.87. The lowest BCUT2D eigenvalue weighted by atomic mass is 10.1. The number of halogens is 1. The Kier molecular flexibility index (Phi) is 4.59. The second kappa shape index (κ2) is 6.08. The quantitative estimate of drug-likeness (QED) is 0.916. The number of sulfone groups is 1. The Balaban J connectivity index is 2.20. The average Bonchev–Trinajstić information content (AvgIpc) is 2.42. The second-order valence-electron chi connectivity index (χ2n) is 5.17. The molecule has 21 heavy (non-hydrogen) atoms. The van der Waals surface area contributed by atoms with Crippen molar-refractivity contribution in [1.29, 1.82) is 0 Å². The number of benzene rings is 2. The van der Waals surface area contributed by atoms with Crippen LogP contribution in [0.1, 0.15) is 24.1 Å². The summed E-state index contributed by atoms with van der Waals surface area (Å²) >= 11 is 6.01. The Bertz CT molecular complexity index is 739. The van der Waals surface area contributed by atoms with Crippen molar-refractivity contribution in [3.63, 3.8) is 0 Å². The molecule has 0 radical (unpaired) electrons. The van der Waals surface area contributed by atoms with E-state index in [1.807, 2.05) is 44.2 Å². The van der Waals surface area contributed by atoms with E-state index in [1.54, 1.807) is 12.1 Å². The van der Waals surface area contributed by atoms with Gasteiger partial charge in [0.05, 0.1) is 4.90 Å². The van der Waals surface area contributed by atoms with E-state index in [-0.39, 0.29) is 6.04 Å². The molecule has 2 rings (SSSR count). The van der Waals surface area contributed by atoms with E-state index < -0.39 is 9.84 Å². The molecule has 3 nitrogen and oxygen atoms in total. The van der Waals surface area contributed by atoms with E-state index >= 15 is 0 Å². The van der Waals surface area contributed by atoms with Gasteiger partial charge in [0, 0.05) is 23.0 Å². The Labute approximate surface area is 130 Å². The summed E-state index contributed by atoms with van der Waals surface area (Å²) in [5.74, 6) is 0. The van der Waals surface area contributed by atoms with Crippen molar-refractivity contribution in [3.8, 4) is 0 Å². The normalized spacial score (nSPS) is 13.0. The average molecular weight is 324 g/mol. The monoisotopic (exact) mass is 323 g/mol. The summed E-state index contributed by atoms with van der Waals surface area (Å²) in [6.07, 6.45) is 1.21. The van der Waals surface area contributed by atoms with E-state index in [0.29, 0.717) is 9.92 Å². The van der Waals surface area contributed by atoms with E-state index in [4.69, 9.17) is 11.6 Å². The summed E-state index contributed by atoms with van der Waals surface area (Å²) in [5.41, 5.74) is 3.10. The highest BCUT2D eigenvalue weighted by Crippen LogP contribution is 2.25. The Hall–Kier alpha value is -1.52. The number of hydrogen-bond donors (Lipinski definition) is 1. The topological polar surface area (TPSA) is 46.2 Å². The van der Waals surface area contributed by atoms with Crippen LogP contribution in [-0.2, 0) is 9.84 Å². The zero-order chi connectivity index (χ0) is 15.6. The van der Waals surface area contributed by atoms with Crippen LogP contribution in [0.4, 0.5) is 5.69 Å². The fraction of sp³-hybridized carbons (Fsp3) is 0.250. The SMILES string of the molecule is Cc1ccc(Cl)cc1NC(C)c1ccc(S(C)(=O)=O)cc1. The first kappa shape index (κ1) is 15.9. The molecule has 0 aliphatic heterocycles. The van der Waals surface area contributed by atoms with Gasteiger partial charge in [-0.15, -0.1) is 0 Å². The first-order chi connectivity index (χ1) is 9.77. The minimum absolute atomic E-state index is 0.0516. The van der Waals surface area contributed by atoms with Crippen LogP contribution >= 0.6 is 11.6 Å². The van der Waals surface area contributed by atoms with Crippen molar-refractivity contribution in [1.82, 2.24) is 0 Å². The molecule has 0 bridgehead atoms. The maximum absolute atomic E-state index is 11.5. The number of nitrogens with one attached hydrogen (secondary N) is 1. The maximum atomic E-state index is 11.5. The molecule has 0 aliphatic rings. The molecular weight excluding hydrogens is 306 g/mol. The van der Waals surface area contributed by atoms with E-state index in [2.05, 4.69) is 5.32 Å². The summed E-state index contributed by atoms with van der Waals surface area (Å²) in [4.78, 5) is 0.331. The molecule has 2 aromatic rings. The maximum Gasteiger partial charge on any atom is 0.175 e. The highest BCUT2D eigenvalue weighted by molar-refractivity contribution is 7.90. The first-order valence-electron chi connectivity index (χ1n) is 6.60. The third-order valence-corrected chi connectivity index (χ3v) is 4.74. The minimum Gasteiger partial charge on any atom is -0.378 e. The molecule has 5 heteroatoms. The van der Waals surface area contributed by atoms with Gasteiger partial charge in [-0.3, -0.25) is 0 Å². The molecule has 0 heterocycles.